The van der Waals surface area contributed by atoms with Gasteiger partial charge < -0.3 is 4.74 Å². The lowest BCUT2D eigenvalue weighted by atomic mass is 9.97. The Kier molecular flexibility index (Phi) is 2.72. The van der Waals surface area contributed by atoms with Gasteiger partial charge in [0, 0.05) is 6.42 Å². The topological polar surface area (TPSA) is 26.3 Å². The van der Waals surface area contributed by atoms with Gasteiger partial charge in [0.05, 0.1) is 6.61 Å². The summed E-state index contributed by atoms with van der Waals surface area (Å²) in [6, 6.07) is 0. The molecule has 1 heterocycles. The van der Waals surface area contributed by atoms with Crippen LogP contribution in [0.1, 0.15) is 32.6 Å². The van der Waals surface area contributed by atoms with Crippen LogP contribution in [0.4, 0.5) is 0 Å². The lowest BCUT2D eigenvalue weighted by Crippen LogP contribution is -2.21. The predicted molar refractivity (Wildman–Crippen MR) is 38.6 cm³/mol. The molecule has 0 aromatic heterocycles. The Morgan fingerprint density at radius 3 is 3.00 bits per heavy atom. The van der Waals surface area contributed by atoms with Gasteiger partial charge in [-0.2, -0.15) is 0 Å². The van der Waals surface area contributed by atoms with Crippen LogP contribution >= 0.6 is 0 Å². The molecule has 1 fully saturated rings. The molecular weight excluding hydrogens is 128 g/mol. The van der Waals surface area contributed by atoms with E-state index in [1.165, 1.54) is 12.8 Å². The lowest BCUT2D eigenvalue weighted by Gasteiger charge is -2.20. The fraction of sp³-hybridized carbons (Fsp3) is 0.875. The fourth-order valence-electron chi connectivity index (χ4n) is 1.32. The smallest absolute Gasteiger partial charge is 0.305 e. The second kappa shape index (κ2) is 3.59. The highest BCUT2D eigenvalue weighted by atomic mass is 16.5. The largest absolute Gasteiger partial charge is 0.465 e. The maximum Gasteiger partial charge on any atom is 0.305 e. The van der Waals surface area contributed by atoms with Crippen molar-refractivity contribution in [3.05, 3.63) is 0 Å². The average molecular weight is 142 g/mol. The zero-order valence-corrected chi connectivity index (χ0v) is 6.43. The molecular formula is C8H14O2. The van der Waals surface area contributed by atoms with Crippen molar-refractivity contribution >= 4 is 5.97 Å². The van der Waals surface area contributed by atoms with Gasteiger partial charge in [0.25, 0.3) is 0 Å². The molecule has 1 saturated heterocycles. The van der Waals surface area contributed by atoms with Crippen molar-refractivity contribution in [1.82, 2.24) is 0 Å². The Morgan fingerprint density at radius 1 is 1.70 bits per heavy atom. The van der Waals surface area contributed by atoms with Crippen molar-refractivity contribution < 1.29 is 9.53 Å². The maximum absolute atomic E-state index is 10.6. The van der Waals surface area contributed by atoms with E-state index in [0.717, 1.165) is 6.42 Å². The molecule has 0 unspecified atom stereocenters. The molecule has 10 heavy (non-hydrogen) atoms. The summed E-state index contributed by atoms with van der Waals surface area (Å²) in [7, 11) is 0. The number of carbonyl (C=O) groups excluding carboxylic acids is 1. The number of hydrogen-bond acceptors (Lipinski definition) is 2. The molecule has 0 aromatic carbocycles. The minimum absolute atomic E-state index is 0.0210. The normalized spacial score (nSPS) is 26.1. The van der Waals surface area contributed by atoms with Crippen molar-refractivity contribution in [2.75, 3.05) is 6.61 Å². The van der Waals surface area contributed by atoms with Gasteiger partial charge in [-0.1, -0.05) is 13.3 Å². The number of cyclic esters (lactones) is 1. The van der Waals surface area contributed by atoms with Crippen molar-refractivity contribution in [3.63, 3.8) is 0 Å². The van der Waals surface area contributed by atoms with E-state index in [4.69, 9.17) is 4.74 Å². The highest BCUT2D eigenvalue weighted by Gasteiger charge is 2.18. The first-order valence-corrected chi connectivity index (χ1v) is 3.98. The van der Waals surface area contributed by atoms with Crippen LogP contribution in [0.3, 0.4) is 0 Å². The summed E-state index contributed by atoms with van der Waals surface area (Å²) in [5, 5.41) is 0. The lowest BCUT2D eigenvalue weighted by molar-refractivity contribution is -0.149. The molecule has 1 aliphatic rings. The summed E-state index contributed by atoms with van der Waals surface area (Å²) in [6.07, 6.45) is 4.06. The van der Waals surface area contributed by atoms with Crippen LogP contribution in [0.5, 0.6) is 0 Å². The first-order valence-electron chi connectivity index (χ1n) is 3.98. The minimum Gasteiger partial charge on any atom is -0.465 e. The van der Waals surface area contributed by atoms with Crippen LogP contribution in [0.25, 0.3) is 0 Å². The number of esters is 1. The zero-order chi connectivity index (χ0) is 7.40. The monoisotopic (exact) mass is 142 g/mol. The molecule has 0 radical (unpaired) electrons. The Balaban J connectivity index is 2.19. The second-order valence-electron chi connectivity index (χ2n) is 2.88. The molecule has 0 bridgehead atoms. The van der Waals surface area contributed by atoms with E-state index in [2.05, 4.69) is 6.92 Å². The number of carbonyl (C=O) groups is 1. The van der Waals surface area contributed by atoms with Gasteiger partial charge >= 0.3 is 5.97 Å². The summed E-state index contributed by atoms with van der Waals surface area (Å²) < 4.78 is 4.90. The van der Waals surface area contributed by atoms with Gasteiger partial charge in [-0.05, 0) is 18.8 Å². The van der Waals surface area contributed by atoms with Crippen LogP contribution in [0.2, 0.25) is 0 Å². The van der Waals surface area contributed by atoms with E-state index in [1.54, 1.807) is 0 Å². The summed E-state index contributed by atoms with van der Waals surface area (Å²) in [6.45, 7) is 2.82. The standard InChI is InChI=1S/C8H14O2/c1-2-3-7-4-5-8(9)10-6-7/h7H,2-6H2,1H3/t7-/m0/s1. The van der Waals surface area contributed by atoms with Gasteiger partial charge in [0.15, 0.2) is 0 Å². The van der Waals surface area contributed by atoms with Gasteiger partial charge in [-0.15, -0.1) is 0 Å². The van der Waals surface area contributed by atoms with E-state index in [9.17, 15) is 4.79 Å². The number of hydrogen-bond donors (Lipinski definition) is 0. The van der Waals surface area contributed by atoms with Crippen molar-refractivity contribution in [2.24, 2.45) is 5.92 Å². The summed E-state index contributed by atoms with van der Waals surface area (Å²) in [5.41, 5.74) is 0. The fourth-order valence-corrected chi connectivity index (χ4v) is 1.32. The van der Waals surface area contributed by atoms with Gasteiger partial charge in [0.1, 0.15) is 0 Å². The quantitative estimate of drug-likeness (QED) is 0.549. The van der Waals surface area contributed by atoms with Crippen molar-refractivity contribution in [3.8, 4) is 0 Å². The molecule has 0 N–H and O–H groups in total. The summed E-state index contributed by atoms with van der Waals surface area (Å²) in [5.74, 6) is 0.620. The molecule has 1 atom stereocenters. The molecule has 0 spiro atoms. The molecule has 58 valence electrons. The number of rotatable bonds is 2. The van der Waals surface area contributed by atoms with Gasteiger partial charge in [0.2, 0.25) is 0 Å². The Bertz CT molecular complexity index is 110. The van der Waals surface area contributed by atoms with Crippen molar-refractivity contribution in [2.45, 2.75) is 32.6 Å². The third-order valence-electron chi connectivity index (χ3n) is 1.93. The van der Waals surface area contributed by atoms with Crippen LogP contribution in [-0.4, -0.2) is 12.6 Å². The second-order valence-corrected chi connectivity index (χ2v) is 2.88. The Morgan fingerprint density at radius 2 is 2.50 bits per heavy atom. The number of ether oxygens (including phenoxy) is 1. The predicted octanol–water partition coefficient (Wildman–Crippen LogP) is 1.74. The third-order valence-corrected chi connectivity index (χ3v) is 1.93. The third kappa shape index (κ3) is 2.01. The highest BCUT2D eigenvalue weighted by molar-refractivity contribution is 5.69. The van der Waals surface area contributed by atoms with Crippen LogP contribution < -0.4 is 0 Å². The van der Waals surface area contributed by atoms with Crippen LogP contribution in [0, 0.1) is 5.92 Å². The van der Waals surface area contributed by atoms with E-state index in [-0.39, 0.29) is 5.97 Å². The molecule has 0 aliphatic carbocycles. The van der Waals surface area contributed by atoms with E-state index in [1.807, 2.05) is 0 Å². The zero-order valence-electron chi connectivity index (χ0n) is 6.43. The molecule has 1 rings (SSSR count). The van der Waals surface area contributed by atoms with Gasteiger partial charge in [-0.25, -0.2) is 0 Å². The first kappa shape index (κ1) is 7.58. The Hall–Kier alpha value is -0.530. The maximum atomic E-state index is 10.6. The van der Waals surface area contributed by atoms with E-state index < -0.39 is 0 Å². The summed E-state index contributed by atoms with van der Waals surface area (Å²) in [4.78, 5) is 10.6. The van der Waals surface area contributed by atoms with Gasteiger partial charge in [-0.3, -0.25) is 4.79 Å². The molecule has 0 aromatic rings. The minimum atomic E-state index is -0.0210. The van der Waals surface area contributed by atoms with Crippen LogP contribution in [-0.2, 0) is 9.53 Å². The highest BCUT2D eigenvalue weighted by Crippen LogP contribution is 2.18. The van der Waals surface area contributed by atoms with E-state index in [0.29, 0.717) is 18.9 Å². The molecule has 2 heteroatoms. The molecule has 0 amide bonds. The Labute approximate surface area is 61.6 Å². The van der Waals surface area contributed by atoms with Crippen molar-refractivity contribution in [1.29, 1.82) is 0 Å². The first-order chi connectivity index (χ1) is 4.83. The van der Waals surface area contributed by atoms with E-state index >= 15 is 0 Å². The summed E-state index contributed by atoms with van der Waals surface area (Å²) >= 11 is 0. The SMILES string of the molecule is CCC[C@H]1CCC(=O)OC1. The molecule has 2 nitrogen and oxygen atoms in total. The van der Waals surface area contributed by atoms with Crippen LogP contribution in [0.15, 0.2) is 0 Å². The molecule has 1 aliphatic heterocycles. The average Bonchev–Trinajstić information content (AvgIpc) is 1.95. The molecule has 0 saturated carbocycles.